The van der Waals surface area contributed by atoms with Crippen molar-refractivity contribution in [3.05, 3.63) is 64.7 Å². The number of carbonyl (C=O) groups excluding carboxylic acids is 2. The molecule has 0 aliphatic carbocycles. The molecular formula is C24H27ClN2O4. The van der Waals surface area contributed by atoms with Crippen molar-refractivity contribution in [1.29, 1.82) is 0 Å². The maximum absolute atomic E-state index is 12.9. The van der Waals surface area contributed by atoms with Gasteiger partial charge in [0, 0.05) is 26.2 Å². The van der Waals surface area contributed by atoms with E-state index in [0.29, 0.717) is 73.8 Å². The summed E-state index contributed by atoms with van der Waals surface area (Å²) in [5, 5.41) is 0.486. The molecule has 7 heteroatoms. The molecule has 2 fully saturated rings. The van der Waals surface area contributed by atoms with E-state index in [1.807, 2.05) is 46.2 Å². The highest BCUT2D eigenvalue weighted by molar-refractivity contribution is 6.33. The van der Waals surface area contributed by atoms with Crippen LogP contribution in [-0.2, 0) is 4.74 Å². The van der Waals surface area contributed by atoms with E-state index in [1.54, 1.807) is 12.1 Å². The van der Waals surface area contributed by atoms with Gasteiger partial charge in [0.15, 0.2) is 0 Å². The number of ether oxygens (including phenoxy) is 2. The summed E-state index contributed by atoms with van der Waals surface area (Å²) < 4.78 is 11.4. The van der Waals surface area contributed by atoms with Gasteiger partial charge in [-0.2, -0.15) is 0 Å². The Bertz CT molecular complexity index is 921. The molecule has 6 nitrogen and oxygen atoms in total. The maximum atomic E-state index is 12.9. The number of para-hydroxylation sites is 1. The number of carbonyl (C=O) groups is 2. The first-order valence-corrected chi connectivity index (χ1v) is 11.1. The van der Waals surface area contributed by atoms with Crippen LogP contribution in [-0.4, -0.2) is 67.6 Å². The highest BCUT2D eigenvalue weighted by Gasteiger charge is 2.26. The molecule has 31 heavy (non-hydrogen) atoms. The minimum atomic E-state index is -0.0218. The first kappa shape index (κ1) is 21.7. The molecule has 0 radical (unpaired) electrons. The summed E-state index contributed by atoms with van der Waals surface area (Å²) in [6.45, 7) is 4.22. The molecule has 2 aromatic rings. The third-order valence-electron chi connectivity index (χ3n) is 5.90. The molecule has 2 aliphatic rings. The molecule has 2 aromatic carbocycles. The minimum absolute atomic E-state index is 0.0148. The Morgan fingerprint density at radius 1 is 0.871 bits per heavy atom. The molecule has 4 rings (SSSR count). The second kappa shape index (κ2) is 10.2. The Morgan fingerprint density at radius 3 is 2.16 bits per heavy atom. The summed E-state index contributed by atoms with van der Waals surface area (Å²) in [4.78, 5) is 29.3. The highest BCUT2D eigenvalue weighted by Crippen LogP contribution is 2.25. The van der Waals surface area contributed by atoms with Gasteiger partial charge in [-0.15, -0.1) is 0 Å². The van der Waals surface area contributed by atoms with Gasteiger partial charge < -0.3 is 19.3 Å². The standard InChI is InChI=1S/C24H27ClN2O4/c25-21-7-3-1-5-19(21)23(28)26-11-9-18(10-12-26)17-31-22-8-4-2-6-20(22)24(29)27-13-15-30-16-14-27/h1-8,18H,9-17H2. The fourth-order valence-electron chi connectivity index (χ4n) is 4.02. The van der Waals surface area contributed by atoms with Crippen LogP contribution in [0.4, 0.5) is 0 Å². The zero-order valence-corrected chi connectivity index (χ0v) is 18.2. The molecule has 0 bridgehead atoms. The van der Waals surface area contributed by atoms with E-state index >= 15 is 0 Å². The molecule has 0 unspecified atom stereocenters. The summed E-state index contributed by atoms with van der Waals surface area (Å²) in [5.41, 5.74) is 1.14. The summed E-state index contributed by atoms with van der Waals surface area (Å²) in [7, 11) is 0. The minimum Gasteiger partial charge on any atom is -0.492 e. The second-order valence-electron chi connectivity index (χ2n) is 7.93. The summed E-state index contributed by atoms with van der Waals surface area (Å²) in [6, 6.07) is 14.6. The van der Waals surface area contributed by atoms with Crippen LogP contribution >= 0.6 is 11.6 Å². The van der Waals surface area contributed by atoms with Gasteiger partial charge in [-0.3, -0.25) is 9.59 Å². The molecule has 0 spiro atoms. The largest absolute Gasteiger partial charge is 0.492 e. The van der Waals surface area contributed by atoms with Gasteiger partial charge in [0.25, 0.3) is 11.8 Å². The van der Waals surface area contributed by atoms with E-state index in [4.69, 9.17) is 21.1 Å². The van der Waals surface area contributed by atoms with Crippen LogP contribution in [0.2, 0.25) is 5.02 Å². The molecule has 0 N–H and O–H groups in total. The number of rotatable bonds is 5. The fraction of sp³-hybridized carbons (Fsp3) is 0.417. The number of hydrogen-bond acceptors (Lipinski definition) is 4. The van der Waals surface area contributed by atoms with Gasteiger partial charge >= 0.3 is 0 Å². The zero-order valence-electron chi connectivity index (χ0n) is 17.5. The number of hydrogen-bond donors (Lipinski definition) is 0. The average molecular weight is 443 g/mol. The zero-order chi connectivity index (χ0) is 21.6. The Labute approximate surface area is 187 Å². The predicted octanol–water partition coefficient (Wildman–Crippen LogP) is 3.74. The maximum Gasteiger partial charge on any atom is 0.257 e. The quantitative estimate of drug-likeness (QED) is 0.707. The number of morpholine rings is 1. The van der Waals surface area contributed by atoms with E-state index in [1.165, 1.54) is 0 Å². The third-order valence-corrected chi connectivity index (χ3v) is 6.23. The molecular weight excluding hydrogens is 416 g/mol. The molecule has 2 saturated heterocycles. The molecule has 0 atom stereocenters. The van der Waals surface area contributed by atoms with Crippen molar-refractivity contribution in [2.45, 2.75) is 12.8 Å². The number of nitrogens with zero attached hydrogens (tertiary/aromatic N) is 2. The van der Waals surface area contributed by atoms with E-state index in [2.05, 4.69) is 0 Å². The average Bonchev–Trinajstić information content (AvgIpc) is 2.83. The first-order valence-electron chi connectivity index (χ1n) is 10.8. The van der Waals surface area contributed by atoms with E-state index < -0.39 is 0 Å². The Hall–Kier alpha value is -2.57. The van der Waals surface area contributed by atoms with Gasteiger partial charge in [0.1, 0.15) is 5.75 Å². The van der Waals surface area contributed by atoms with Crippen molar-refractivity contribution in [3.8, 4) is 5.75 Å². The normalized spacial score (nSPS) is 17.5. The Balaban J connectivity index is 1.32. The topological polar surface area (TPSA) is 59.1 Å². The van der Waals surface area contributed by atoms with Crippen molar-refractivity contribution in [2.24, 2.45) is 5.92 Å². The van der Waals surface area contributed by atoms with Crippen LogP contribution in [0.1, 0.15) is 33.6 Å². The van der Waals surface area contributed by atoms with Gasteiger partial charge in [0.05, 0.1) is 36.0 Å². The SMILES string of the molecule is O=C(c1ccccc1Cl)N1CCC(COc2ccccc2C(=O)N2CCOCC2)CC1. The third kappa shape index (κ3) is 5.20. The molecule has 2 heterocycles. The number of halogens is 1. The van der Waals surface area contributed by atoms with Crippen molar-refractivity contribution in [2.75, 3.05) is 46.0 Å². The van der Waals surface area contributed by atoms with Crippen LogP contribution < -0.4 is 4.74 Å². The van der Waals surface area contributed by atoms with Crippen LogP contribution in [0, 0.1) is 5.92 Å². The van der Waals surface area contributed by atoms with Gasteiger partial charge in [-0.25, -0.2) is 0 Å². The van der Waals surface area contributed by atoms with Crippen LogP contribution in [0.3, 0.4) is 0 Å². The van der Waals surface area contributed by atoms with Crippen LogP contribution in [0.5, 0.6) is 5.75 Å². The van der Waals surface area contributed by atoms with Crippen molar-refractivity contribution in [3.63, 3.8) is 0 Å². The Kier molecular flexibility index (Phi) is 7.10. The summed E-state index contributed by atoms with van der Waals surface area (Å²) in [6.07, 6.45) is 1.71. The fourth-order valence-corrected chi connectivity index (χ4v) is 4.24. The lowest BCUT2D eigenvalue weighted by atomic mass is 9.97. The molecule has 0 saturated carbocycles. The van der Waals surface area contributed by atoms with Crippen LogP contribution in [0.15, 0.2) is 48.5 Å². The number of amides is 2. The van der Waals surface area contributed by atoms with Gasteiger partial charge in [-0.05, 0) is 43.0 Å². The van der Waals surface area contributed by atoms with Crippen molar-refractivity contribution in [1.82, 2.24) is 9.80 Å². The van der Waals surface area contributed by atoms with Gasteiger partial charge in [0.2, 0.25) is 0 Å². The first-order chi connectivity index (χ1) is 15.1. The van der Waals surface area contributed by atoms with E-state index in [-0.39, 0.29) is 11.8 Å². The van der Waals surface area contributed by atoms with Crippen LogP contribution in [0.25, 0.3) is 0 Å². The number of benzene rings is 2. The molecule has 2 aliphatic heterocycles. The highest BCUT2D eigenvalue weighted by atomic mass is 35.5. The predicted molar refractivity (Wildman–Crippen MR) is 119 cm³/mol. The second-order valence-corrected chi connectivity index (χ2v) is 8.33. The molecule has 164 valence electrons. The number of piperidine rings is 1. The summed E-state index contributed by atoms with van der Waals surface area (Å²) >= 11 is 6.18. The lowest BCUT2D eigenvalue weighted by molar-refractivity contribution is 0.0299. The lowest BCUT2D eigenvalue weighted by Gasteiger charge is -2.32. The molecule has 0 aromatic heterocycles. The lowest BCUT2D eigenvalue weighted by Crippen LogP contribution is -2.41. The van der Waals surface area contributed by atoms with Gasteiger partial charge in [-0.1, -0.05) is 35.9 Å². The van der Waals surface area contributed by atoms with Crippen molar-refractivity contribution < 1.29 is 19.1 Å². The number of likely N-dealkylation sites (tertiary alicyclic amines) is 1. The smallest absolute Gasteiger partial charge is 0.257 e. The van der Waals surface area contributed by atoms with E-state index in [0.717, 1.165) is 12.8 Å². The monoisotopic (exact) mass is 442 g/mol. The summed E-state index contributed by atoms with van der Waals surface area (Å²) in [5.74, 6) is 0.917. The Morgan fingerprint density at radius 2 is 1.45 bits per heavy atom. The van der Waals surface area contributed by atoms with Crippen molar-refractivity contribution >= 4 is 23.4 Å². The molecule has 2 amide bonds. The van der Waals surface area contributed by atoms with E-state index in [9.17, 15) is 9.59 Å².